The molecule has 0 aliphatic carbocycles. The number of aryl methyl sites for hydroxylation is 1. The molecule has 0 bridgehead atoms. The number of nitrogens with zero attached hydrogens (tertiary/aromatic N) is 3. The van der Waals surface area contributed by atoms with Gasteiger partial charge in [0.1, 0.15) is 0 Å². The Bertz CT molecular complexity index is 501. The summed E-state index contributed by atoms with van der Waals surface area (Å²) in [6.07, 6.45) is 6.67. The largest absolute Gasteiger partial charge is 0.477 e. The standard InChI is InChI=1S/C16H22N4O/c1-2-9-18-13-15-5-6-16(20-19-15)21-12-3-4-14-7-10-17-11-8-14/h5-8,10-11,18H,2-4,9,12-13H2,1H3. The predicted molar refractivity (Wildman–Crippen MR) is 82.1 cm³/mol. The van der Waals surface area contributed by atoms with Gasteiger partial charge in [0.2, 0.25) is 5.88 Å². The van der Waals surface area contributed by atoms with Crippen LogP contribution in [0.15, 0.2) is 36.7 Å². The Morgan fingerprint density at radius 1 is 1.10 bits per heavy atom. The summed E-state index contributed by atoms with van der Waals surface area (Å²) < 4.78 is 5.60. The first kappa shape index (κ1) is 15.4. The molecule has 5 nitrogen and oxygen atoms in total. The van der Waals surface area contributed by atoms with E-state index in [-0.39, 0.29) is 0 Å². The number of rotatable bonds is 9. The molecular weight excluding hydrogens is 264 g/mol. The van der Waals surface area contributed by atoms with Crippen molar-refractivity contribution in [2.24, 2.45) is 0 Å². The maximum atomic E-state index is 5.60. The third-order valence-electron chi connectivity index (χ3n) is 3.04. The van der Waals surface area contributed by atoms with Crippen molar-refractivity contribution in [3.63, 3.8) is 0 Å². The molecule has 0 spiro atoms. The number of hydrogen-bond donors (Lipinski definition) is 1. The first-order chi connectivity index (χ1) is 10.4. The molecule has 0 saturated carbocycles. The fourth-order valence-corrected chi connectivity index (χ4v) is 1.91. The molecule has 2 aromatic rings. The van der Waals surface area contributed by atoms with Crippen LogP contribution in [0.25, 0.3) is 0 Å². The highest BCUT2D eigenvalue weighted by molar-refractivity contribution is 5.12. The Morgan fingerprint density at radius 2 is 1.95 bits per heavy atom. The van der Waals surface area contributed by atoms with Gasteiger partial charge in [0, 0.05) is 25.0 Å². The van der Waals surface area contributed by atoms with Crippen molar-refractivity contribution >= 4 is 0 Å². The van der Waals surface area contributed by atoms with E-state index in [4.69, 9.17) is 4.74 Å². The van der Waals surface area contributed by atoms with E-state index in [2.05, 4.69) is 27.4 Å². The third-order valence-corrected chi connectivity index (χ3v) is 3.04. The minimum absolute atomic E-state index is 0.587. The smallest absolute Gasteiger partial charge is 0.233 e. The molecule has 112 valence electrons. The molecule has 0 unspecified atom stereocenters. The van der Waals surface area contributed by atoms with Gasteiger partial charge >= 0.3 is 0 Å². The zero-order chi connectivity index (χ0) is 14.8. The fraction of sp³-hybridized carbons (Fsp3) is 0.438. The lowest BCUT2D eigenvalue weighted by Crippen LogP contribution is -2.15. The van der Waals surface area contributed by atoms with E-state index in [9.17, 15) is 0 Å². The topological polar surface area (TPSA) is 59.9 Å². The van der Waals surface area contributed by atoms with Crippen molar-refractivity contribution in [2.75, 3.05) is 13.2 Å². The molecular formula is C16H22N4O. The van der Waals surface area contributed by atoms with E-state index in [1.165, 1.54) is 5.56 Å². The van der Waals surface area contributed by atoms with Crippen LogP contribution in [0.1, 0.15) is 31.0 Å². The van der Waals surface area contributed by atoms with E-state index in [1.54, 1.807) is 0 Å². The summed E-state index contributed by atoms with van der Waals surface area (Å²) >= 11 is 0. The predicted octanol–water partition coefficient (Wildman–Crippen LogP) is 2.38. The van der Waals surface area contributed by atoms with Crippen molar-refractivity contribution in [3.8, 4) is 5.88 Å². The molecule has 21 heavy (non-hydrogen) atoms. The van der Waals surface area contributed by atoms with Crippen LogP contribution in [-0.2, 0) is 13.0 Å². The van der Waals surface area contributed by atoms with Gasteiger partial charge in [-0.25, -0.2) is 0 Å². The Labute approximate surface area is 125 Å². The molecule has 0 atom stereocenters. The van der Waals surface area contributed by atoms with Gasteiger partial charge < -0.3 is 10.1 Å². The molecule has 0 radical (unpaired) electrons. The fourth-order valence-electron chi connectivity index (χ4n) is 1.91. The number of nitrogens with one attached hydrogen (secondary N) is 1. The summed E-state index contributed by atoms with van der Waals surface area (Å²) in [5, 5.41) is 11.5. The van der Waals surface area contributed by atoms with Gasteiger partial charge in [-0.2, -0.15) is 5.10 Å². The molecule has 0 amide bonds. The van der Waals surface area contributed by atoms with Crippen molar-refractivity contribution < 1.29 is 4.74 Å². The average Bonchev–Trinajstić information content (AvgIpc) is 2.54. The highest BCUT2D eigenvalue weighted by atomic mass is 16.5. The highest BCUT2D eigenvalue weighted by Gasteiger charge is 1.99. The molecule has 0 aromatic carbocycles. The Balaban J connectivity index is 1.66. The lowest BCUT2D eigenvalue weighted by Gasteiger charge is -2.06. The van der Waals surface area contributed by atoms with Crippen LogP contribution in [0.3, 0.4) is 0 Å². The highest BCUT2D eigenvalue weighted by Crippen LogP contribution is 2.07. The van der Waals surface area contributed by atoms with Crippen molar-refractivity contribution in [2.45, 2.75) is 32.7 Å². The van der Waals surface area contributed by atoms with Gasteiger partial charge in [0.05, 0.1) is 12.3 Å². The Hall–Kier alpha value is -2.01. The monoisotopic (exact) mass is 286 g/mol. The minimum atomic E-state index is 0.587. The van der Waals surface area contributed by atoms with Crippen molar-refractivity contribution in [1.82, 2.24) is 20.5 Å². The molecule has 1 N–H and O–H groups in total. The zero-order valence-electron chi connectivity index (χ0n) is 12.5. The number of ether oxygens (including phenoxy) is 1. The van der Waals surface area contributed by atoms with E-state index >= 15 is 0 Å². The molecule has 0 fully saturated rings. The second-order valence-electron chi connectivity index (χ2n) is 4.85. The quantitative estimate of drug-likeness (QED) is 0.717. The maximum absolute atomic E-state index is 5.60. The summed E-state index contributed by atoms with van der Waals surface area (Å²) in [7, 11) is 0. The molecule has 5 heteroatoms. The molecule has 2 heterocycles. The molecule has 2 rings (SSSR count). The van der Waals surface area contributed by atoms with Crippen LogP contribution < -0.4 is 10.1 Å². The Kier molecular flexibility index (Phi) is 6.61. The molecule has 0 aliphatic heterocycles. The van der Waals surface area contributed by atoms with Gasteiger partial charge in [-0.3, -0.25) is 4.98 Å². The third kappa shape index (κ3) is 5.87. The molecule has 0 aliphatic rings. The molecule has 2 aromatic heterocycles. The average molecular weight is 286 g/mol. The summed E-state index contributed by atoms with van der Waals surface area (Å²) in [6, 6.07) is 7.88. The number of pyridine rings is 1. The zero-order valence-corrected chi connectivity index (χ0v) is 12.5. The second-order valence-corrected chi connectivity index (χ2v) is 4.85. The van der Waals surface area contributed by atoms with E-state index < -0.39 is 0 Å². The van der Waals surface area contributed by atoms with E-state index in [0.717, 1.165) is 38.0 Å². The van der Waals surface area contributed by atoms with Crippen molar-refractivity contribution in [3.05, 3.63) is 47.9 Å². The van der Waals surface area contributed by atoms with Crippen LogP contribution in [0.5, 0.6) is 5.88 Å². The lowest BCUT2D eigenvalue weighted by atomic mass is 10.1. The summed E-state index contributed by atoms with van der Waals surface area (Å²) in [4.78, 5) is 4.00. The van der Waals surface area contributed by atoms with Crippen LogP contribution in [0.4, 0.5) is 0 Å². The summed E-state index contributed by atoms with van der Waals surface area (Å²) in [5.41, 5.74) is 2.21. The van der Waals surface area contributed by atoms with E-state index in [1.807, 2.05) is 36.7 Å². The van der Waals surface area contributed by atoms with Crippen LogP contribution >= 0.6 is 0 Å². The van der Waals surface area contributed by atoms with Gasteiger partial charge in [-0.15, -0.1) is 5.10 Å². The van der Waals surface area contributed by atoms with Gasteiger partial charge in [0.25, 0.3) is 0 Å². The number of aromatic nitrogens is 3. The first-order valence-corrected chi connectivity index (χ1v) is 7.43. The summed E-state index contributed by atoms with van der Waals surface area (Å²) in [6.45, 7) is 4.53. The Morgan fingerprint density at radius 3 is 2.67 bits per heavy atom. The summed E-state index contributed by atoms with van der Waals surface area (Å²) in [5.74, 6) is 0.587. The lowest BCUT2D eigenvalue weighted by molar-refractivity contribution is 0.295. The number of hydrogen-bond acceptors (Lipinski definition) is 5. The van der Waals surface area contributed by atoms with Gasteiger partial charge in [-0.1, -0.05) is 6.92 Å². The first-order valence-electron chi connectivity index (χ1n) is 7.43. The molecule has 0 saturated heterocycles. The van der Waals surface area contributed by atoms with Crippen LogP contribution in [-0.4, -0.2) is 28.3 Å². The van der Waals surface area contributed by atoms with Crippen LogP contribution in [0.2, 0.25) is 0 Å². The maximum Gasteiger partial charge on any atom is 0.233 e. The van der Waals surface area contributed by atoms with Gasteiger partial charge in [-0.05, 0) is 49.6 Å². The van der Waals surface area contributed by atoms with Crippen molar-refractivity contribution in [1.29, 1.82) is 0 Å². The van der Waals surface area contributed by atoms with Gasteiger partial charge in [0.15, 0.2) is 0 Å². The minimum Gasteiger partial charge on any atom is -0.477 e. The SMILES string of the molecule is CCCNCc1ccc(OCCCc2ccncc2)nn1. The normalized spacial score (nSPS) is 10.5. The van der Waals surface area contributed by atoms with E-state index in [0.29, 0.717) is 12.5 Å². The second kappa shape index (κ2) is 9.02. The van der Waals surface area contributed by atoms with Crippen LogP contribution in [0, 0.1) is 0 Å².